The van der Waals surface area contributed by atoms with Crippen molar-refractivity contribution in [2.75, 3.05) is 25.6 Å². The number of rotatable bonds is 9. The number of urea groups is 1. The van der Waals surface area contributed by atoms with Gasteiger partial charge in [-0.15, -0.1) is 0 Å². The summed E-state index contributed by atoms with van der Waals surface area (Å²) < 4.78 is 10.5. The second kappa shape index (κ2) is 10.6. The van der Waals surface area contributed by atoms with Crippen LogP contribution in [0.2, 0.25) is 0 Å². The van der Waals surface area contributed by atoms with Crippen LogP contribution in [0.3, 0.4) is 0 Å². The molecule has 0 radical (unpaired) electrons. The summed E-state index contributed by atoms with van der Waals surface area (Å²) in [6, 6.07) is 15.6. The molecule has 2 N–H and O–H groups in total. The Labute approximate surface area is 155 Å². The Bertz CT molecular complexity index is 686. The predicted molar refractivity (Wildman–Crippen MR) is 104 cm³/mol. The average Bonchev–Trinajstić information content (AvgIpc) is 2.65. The van der Waals surface area contributed by atoms with Crippen molar-refractivity contribution in [2.24, 2.45) is 0 Å². The van der Waals surface area contributed by atoms with Gasteiger partial charge in [0.25, 0.3) is 0 Å². The molecule has 0 saturated carbocycles. The van der Waals surface area contributed by atoms with Gasteiger partial charge in [-0.3, -0.25) is 0 Å². The van der Waals surface area contributed by atoms with Crippen LogP contribution in [-0.2, 0) is 22.5 Å². The summed E-state index contributed by atoms with van der Waals surface area (Å²) in [5.41, 5.74) is 4.11. The maximum absolute atomic E-state index is 12.3. The highest BCUT2D eigenvalue weighted by atomic mass is 16.5. The lowest BCUT2D eigenvalue weighted by Gasteiger charge is -2.16. The summed E-state index contributed by atoms with van der Waals surface area (Å²) in [6.07, 6.45) is 1.01. The van der Waals surface area contributed by atoms with Crippen LogP contribution < -0.4 is 10.6 Å². The largest absolute Gasteiger partial charge is 0.382 e. The molecular weight excluding hydrogens is 328 g/mol. The van der Waals surface area contributed by atoms with Crippen LogP contribution in [0.4, 0.5) is 10.5 Å². The van der Waals surface area contributed by atoms with Crippen LogP contribution in [-0.4, -0.2) is 26.4 Å². The van der Waals surface area contributed by atoms with E-state index in [2.05, 4.69) is 41.8 Å². The van der Waals surface area contributed by atoms with E-state index in [4.69, 9.17) is 9.47 Å². The summed E-state index contributed by atoms with van der Waals surface area (Å²) in [6.45, 7) is 5.70. The Morgan fingerprint density at radius 3 is 2.54 bits per heavy atom. The maximum Gasteiger partial charge on any atom is 0.319 e. The lowest BCUT2D eigenvalue weighted by molar-refractivity contribution is 0.0617. The predicted octanol–water partition coefficient (Wildman–Crippen LogP) is 4.29. The first-order valence-electron chi connectivity index (χ1n) is 8.94. The molecule has 5 heteroatoms. The molecule has 26 heavy (non-hydrogen) atoms. The molecule has 2 rings (SSSR count). The fourth-order valence-corrected chi connectivity index (χ4v) is 2.56. The highest BCUT2D eigenvalue weighted by Gasteiger charge is 2.10. The molecule has 1 atom stereocenters. The third-order valence-electron chi connectivity index (χ3n) is 4.12. The van der Waals surface area contributed by atoms with E-state index in [-0.39, 0.29) is 12.1 Å². The molecular formula is C21H28N2O3. The summed E-state index contributed by atoms with van der Waals surface area (Å²) in [7, 11) is 1.64. The molecule has 0 fully saturated rings. The zero-order chi connectivity index (χ0) is 18.8. The van der Waals surface area contributed by atoms with Crippen molar-refractivity contribution in [1.29, 1.82) is 0 Å². The summed E-state index contributed by atoms with van der Waals surface area (Å²) in [5.74, 6) is 0. The van der Waals surface area contributed by atoms with Gasteiger partial charge >= 0.3 is 6.03 Å². The van der Waals surface area contributed by atoms with E-state index >= 15 is 0 Å². The van der Waals surface area contributed by atoms with Gasteiger partial charge in [0.1, 0.15) is 0 Å². The number of benzene rings is 2. The molecule has 140 valence electrons. The van der Waals surface area contributed by atoms with Crippen LogP contribution in [0.1, 0.15) is 36.6 Å². The first kappa shape index (κ1) is 19.9. The van der Waals surface area contributed by atoms with E-state index in [1.54, 1.807) is 7.11 Å². The van der Waals surface area contributed by atoms with E-state index < -0.39 is 0 Å². The summed E-state index contributed by atoms with van der Waals surface area (Å²) in [5, 5.41) is 5.84. The highest BCUT2D eigenvalue weighted by Crippen LogP contribution is 2.15. The summed E-state index contributed by atoms with van der Waals surface area (Å²) in [4.78, 5) is 12.3. The molecule has 1 unspecified atom stereocenters. The molecule has 5 nitrogen and oxygen atoms in total. The monoisotopic (exact) mass is 356 g/mol. The number of anilines is 1. The Morgan fingerprint density at radius 2 is 1.85 bits per heavy atom. The molecule has 0 saturated heterocycles. The molecule has 0 aliphatic heterocycles. The lowest BCUT2D eigenvalue weighted by Crippen LogP contribution is -2.31. The molecule has 0 aliphatic rings. The van der Waals surface area contributed by atoms with Crippen molar-refractivity contribution in [3.63, 3.8) is 0 Å². The lowest BCUT2D eigenvalue weighted by atomic mass is 10.1. The van der Waals surface area contributed by atoms with Crippen molar-refractivity contribution in [3.05, 3.63) is 65.2 Å². The van der Waals surface area contributed by atoms with Gasteiger partial charge in [0.05, 0.1) is 25.9 Å². The van der Waals surface area contributed by atoms with Crippen molar-refractivity contribution in [2.45, 2.75) is 32.9 Å². The first-order valence-corrected chi connectivity index (χ1v) is 8.94. The Morgan fingerprint density at radius 1 is 1.08 bits per heavy atom. The van der Waals surface area contributed by atoms with Crippen LogP contribution in [0.25, 0.3) is 0 Å². The standard InChI is InChI=1S/C21H28N2O3/c1-4-17-8-10-19(11-9-17)16(2)22-21(24)23-20-7-5-6-18(14-20)15-26-13-12-25-3/h5-11,14,16H,4,12-13,15H2,1-3H3,(H2,22,23,24). The minimum Gasteiger partial charge on any atom is -0.382 e. The van der Waals surface area contributed by atoms with E-state index in [0.717, 1.165) is 23.2 Å². The topological polar surface area (TPSA) is 59.6 Å². The SMILES string of the molecule is CCc1ccc(C(C)NC(=O)Nc2cccc(COCCOC)c2)cc1. The molecule has 2 aromatic rings. The quantitative estimate of drug-likeness (QED) is 0.659. The van der Waals surface area contributed by atoms with Gasteiger partial charge in [0.2, 0.25) is 0 Å². The molecule has 0 spiro atoms. The van der Waals surface area contributed by atoms with Crippen molar-refractivity contribution < 1.29 is 14.3 Å². The van der Waals surface area contributed by atoms with Gasteiger partial charge in [0.15, 0.2) is 0 Å². The number of ether oxygens (including phenoxy) is 2. The Balaban J connectivity index is 1.86. The Kier molecular flexibility index (Phi) is 8.12. The number of nitrogens with one attached hydrogen (secondary N) is 2. The van der Waals surface area contributed by atoms with Gasteiger partial charge in [-0.05, 0) is 42.2 Å². The molecule has 0 aliphatic carbocycles. The number of carbonyl (C=O) groups is 1. The number of methoxy groups -OCH3 is 1. The number of carbonyl (C=O) groups excluding carboxylic acids is 1. The molecule has 0 bridgehead atoms. The third-order valence-corrected chi connectivity index (χ3v) is 4.12. The van der Waals surface area contributed by atoms with E-state index in [0.29, 0.717) is 19.8 Å². The van der Waals surface area contributed by atoms with Crippen molar-refractivity contribution in [3.8, 4) is 0 Å². The maximum atomic E-state index is 12.3. The number of hydrogen-bond donors (Lipinski definition) is 2. The molecule has 0 aromatic heterocycles. The number of hydrogen-bond acceptors (Lipinski definition) is 3. The van der Waals surface area contributed by atoms with E-state index in [1.807, 2.05) is 31.2 Å². The minimum atomic E-state index is -0.227. The molecule has 2 aromatic carbocycles. The third kappa shape index (κ3) is 6.50. The molecule has 0 heterocycles. The van der Waals surface area contributed by atoms with Crippen molar-refractivity contribution >= 4 is 11.7 Å². The van der Waals surface area contributed by atoms with Crippen LogP contribution in [0.15, 0.2) is 48.5 Å². The van der Waals surface area contributed by atoms with Gasteiger partial charge in [0, 0.05) is 12.8 Å². The van der Waals surface area contributed by atoms with Crippen LogP contribution in [0.5, 0.6) is 0 Å². The Hall–Kier alpha value is -2.37. The van der Waals surface area contributed by atoms with E-state index in [9.17, 15) is 4.79 Å². The van der Waals surface area contributed by atoms with Gasteiger partial charge in [-0.25, -0.2) is 4.79 Å². The first-order chi connectivity index (χ1) is 12.6. The van der Waals surface area contributed by atoms with Gasteiger partial charge in [-0.2, -0.15) is 0 Å². The van der Waals surface area contributed by atoms with Crippen LogP contribution in [0, 0.1) is 0 Å². The van der Waals surface area contributed by atoms with Crippen molar-refractivity contribution in [1.82, 2.24) is 5.32 Å². The smallest absolute Gasteiger partial charge is 0.319 e. The average molecular weight is 356 g/mol. The highest BCUT2D eigenvalue weighted by molar-refractivity contribution is 5.89. The van der Waals surface area contributed by atoms with Gasteiger partial charge < -0.3 is 20.1 Å². The zero-order valence-corrected chi connectivity index (χ0v) is 15.7. The second-order valence-corrected chi connectivity index (χ2v) is 6.16. The number of aryl methyl sites for hydroxylation is 1. The molecule has 2 amide bonds. The summed E-state index contributed by atoms with van der Waals surface area (Å²) >= 11 is 0. The van der Waals surface area contributed by atoms with Gasteiger partial charge in [-0.1, -0.05) is 43.3 Å². The van der Waals surface area contributed by atoms with Crippen LogP contribution >= 0.6 is 0 Å². The second-order valence-electron chi connectivity index (χ2n) is 6.16. The normalized spacial score (nSPS) is 11.8. The minimum absolute atomic E-state index is 0.0681. The van der Waals surface area contributed by atoms with E-state index in [1.165, 1.54) is 5.56 Å². The fraction of sp³-hybridized carbons (Fsp3) is 0.381. The number of amides is 2. The zero-order valence-electron chi connectivity index (χ0n) is 15.7. The fourth-order valence-electron chi connectivity index (χ4n) is 2.56.